The molecule has 3 heterocycles. The number of amides is 1. The summed E-state index contributed by atoms with van der Waals surface area (Å²) < 4.78 is 16.4. The van der Waals surface area contributed by atoms with Crippen LogP contribution in [0.2, 0.25) is 0 Å². The number of nitrogens with zero attached hydrogens (tertiary/aromatic N) is 5. The van der Waals surface area contributed by atoms with Gasteiger partial charge in [-0.25, -0.2) is 9.97 Å². The molecule has 0 N–H and O–H groups in total. The van der Waals surface area contributed by atoms with Crippen LogP contribution in [0.15, 0.2) is 41.2 Å². The molecule has 4 fully saturated rings. The lowest BCUT2D eigenvalue weighted by Gasteiger charge is -2.53. The summed E-state index contributed by atoms with van der Waals surface area (Å²) in [5, 5.41) is 4.43. The fourth-order valence-corrected chi connectivity index (χ4v) is 6.14. The SMILES string of the molecule is CCOc1ncc(-c2cccc(N(C=O)CC34CCC(c5noc(C6(C)COC6)n5)(CC3)CC4)c2)cn1. The van der Waals surface area contributed by atoms with Gasteiger partial charge in [-0.15, -0.1) is 0 Å². The maximum absolute atomic E-state index is 12.3. The van der Waals surface area contributed by atoms with E-state index in [1.807, 2.05) is 36.1 Å². The molecule has 1 aliphatic heterocycles. The van der Waals surface area contributed by atoms with Gasteiger partial charge in [0.2, 0.25) is 12.3 Å². The van der Waals surface area contributed by atoms with Gasteiger partial charge in [0, 0.05) is 35.6 Å². The maximum Gasteiger partial charge on any atom is 0.316 e. The van der Waals surface area contributed by atoms with E-state index in [1.54, 1.807) is 12.4 Å². The standard InChI is InChI=1S/C28H33N5O4/c1-3-36-25-29-14-21(15-30-25)20-5-4-6-22(13-20)33(19-34)16-27-7-10-28(11-8-27,12-9-27)23-31-24(37-32-23)26(2)17-35-18-26/h4-6,13-15,19H,3,7-12,16-18H2,1-2H3. The van der Waals surface area contributed by atoms with E-state index >= 15 is 0 Å². The number of carbonyl (C=O) groups excluding carboxylic acids is 1. The topological polar surface area (TPSA) is 103 Å². The monoisotopic (exact) mass is 503 g/mol. The van der Waals surface area contributed by atoms with E-state index in [4.69, 9.17) is 19.0 Å². The molecule has 9 heteroatoms. The van der Waals surface area contributed by atoms with Gasteiger partial charge in [0.15, 0.2) is 5.82 Å². The van der Waals surface area contributed by atoms with Gasteiger partial charge in [-0.05, 0) is 75.5 Å². The minimum atomic E-state index is -0.147. The highest BCUT2D eigenvalue weighted by atomic mass is 16.5. The van der Waals surface area contributed by atoms with E-state index in [9.17, 15) is 4.79 Å². The fourth-order valence-electron chi connectivity index (χ4n) is 6.14. The van der Waals surface area contributed by atoms with Crippen LogP contribution in [-0.2, 0) is 20.4 Å². The van der Waals surface area contributed by atoms with Gasteiger partial charge in [-0.3, -0.25) is 4.79 Å². The number of hydrogen-bond acceptors (Lipinski definition) is 8. The summed E-state index contributed by atoms with van der Waals surface area (Å²) in [6.45, 7) is 6.53. The van der Waals surface area contributed by atoms with E-state index in [2.05, 4.69) is 22.0 Å². The third-order valence-corrected chi connectivity index (χ3v) is 8.71. The number of carbonyl (C=O) groups is 1. The molecule has 0 radical (unpaired) electrons. The zero-order chi connectivity index (χ0) is 25.5. The molecule has 2 aromatic heterocycles. The molecular weight excluding hydrogens is 470 g/mol. The lowest BCUT2D eigenvalue weighted by atomic mass is 9.53. The van der Waals surface area contributed by atoms with Gasteiger partial charge in [0.1, 0.15) is 0 Å². The Morgan fingerprint density at radius 3 is 2.41 bits per heavy atom. The first-order valence-corrected chi connectivity index (χ1v) is 13.2. The zero-order valence-electron chi connectivity index (χ0n) is 21.5. The largest absolute Gasteiger partial charge is 0.464 e. The highest BCUT2D eigenvalue weighted by Gasteiger charge is 2.53. The quantitative estimate of drug-likeness (QED) is 0.394. The first kappa shape index (κ1) is 24.0. The molecule has 2 bridgehead atoms. The molecule has 9 nitrogen and oxygen atoms in total. The van der Waals surface area contributed by atoms with E-state index in [-0.39, 0.29) is 16.2 Å². The minimum absolute atomic E-state index is 0.00988. The summed E-state index contributed by atoms with van der Waals surface area (Å²) >= 11 is 0. The van der Waals surface area contributed by atoms with Crippen LogP contribution in [0, 0.1) is 5.41 Å². The summed E-state index contributed by atoms with van der Waals surface area (Å²) in [7, 11) is 0. The van der Waals surface area contributed by atoms with Crippen molar-refractivity contribution in [2.45, 2.75) is 63.2 Å². The molecule has 0 unspecified atom stereocenters. The van der Waals surface area contributed by atoms with Crippen molar-refractivity contribution >= 4 is 12.1 Å². The zero-order valence-corrected chi connectivity index (χ0v) is 21.5. The van der Waals surface area contributed by atoms with E-state index < -0.39 is 0 Å². The van der Waals surface area contributed by atoms with E-state index in [0.717, 1.165) is 67.6 Å². The van der Waals surface area contributed by atoms with Crippen molar-refractivity contribution in [3.05, 3.63) is 48.4 Å². The first-order chi connectivity index (χ1) is 18.0. The van der Waals surface area contributed by atoms with Crippen molar-refractivity contribution in [2.24, 2.45) is 5.41 Å². The summed E-state index contributed by atoms with van der Waals surface area (Å²) in [4.78, 5) is 27.5. The van der Waals surface area contributed by atoms with Crippen LogP contribution < -0.4 is 9.64 Å². The molecule has 1 aromatic carbocycles. The number of anilines is 1. The third kappa shape index (κ3) is 4.29. The number of aromatic nitrogens is 4. The van der Waals surface area contributed by atoms with Crippen LogP contribution in [0.25, 0.3) is 11.1 Å². The average molecular weight is 504 g/mol. The Bertz CT molecular complexity index is 1250. The molecule has 1 saturated heterocycles. The van der Waals surface area contributed by atoms with E-state index in [0.29, 0.717) is 38.3 Å². The molecule has 194 valence electrons. The van der Waals surface area contributed by atoms with Crippen molar-refractivity contribution in [1.29, 1.82) is 0 Å². The second kappa shape index (κ2) is 9.20. The minimum Gasteiger partial charge on any atom is -0.464 e. The Morgan fingerprint density at radius 2 is 1.78 bits per heavy atom. The lowest BCUT2D eigenvalue weighted by molar-refractivity contribution is -0.108. The van der Waals surface area contributed by atoms with Crippen molar-refractivity contribution in [2.75, 3.05) is 31.3 Å². The van der Waals surface area contributed by atoms with Crippen molar-refractivity contribution in [1.82, 2.24) is 20.1 Å². The number of hydrogen-bond donors (Lipinski definition) is 0. The van der Waals surface area contributed by atoms with Gasteiger partial charge < -0.3 is 18.9 Å². The van der Waals surface area contributed by atoms with Crippen LogP contribution in [0.4, 0.5) is 5.69 Å². The predicted octanol–water partition coefficient (Wildman–Crippen LogP) is 4.47. The summed E-state index contributed by atoms with van der Waals surface area (Å²) in [6, 6.07) is 8.38. The van der Waals surface area contributed by atoms with Crippen LogP contribution in [0.1, 0.15) is 64.1 Å². The second-order valence-electron chi connectivity index (χ2n) is 11.2. The number of fused-ring (bicyclic) bond motifs is 3. The Morgan fingerprint density at radius 1 is 1.05 bits per heavy atom. The third-order valence-electron chi connectivity index (χ3n) is 8.71. The number of rotatable bonds is 9. The fraction of sp³-hybridized carbons (Fsp3) is 0.536. The van der Waals surface area contributed by atoms with Gasteiger partial charge in [-0.2, -0.15) is 4.98 Å². The normalized spacial score (nSPS) is 25.9. The summed E-state index contributed by atoms with van der Waals surface area (Å²) in [6.07, 6.45) is 10.7. The molecule has 4 aliphatic rings. The Kier molecular flexibility index (Phi) is 5.98. The smallest absolute Gasteiger partial charge is 0.316 e. The predicted molar refractivity (Wildman–Crippen MR) is 136 cm³/mol. The summed E-state index contributed by atoms with van der Waals surface area (Å²) in [5.41, 5.74) is 2.69. The molecule has 0 atom stereocenters. The van der Waals surface area contributed by atoms with Crippen LogP contribution >= 0.6 is 0 Å². The molecule has 1 amide bonds. The maximum atomic E-state index is 12.3. The van der Waals surface area contributed by atoms with Crippen molar-refractivity contribution < 1.29 is 18.8 Å². The Labute approximate surface area is 216 Å². The van der Waals surface area contributed by atoms with Gasteiger partial charge in [0.25, 0.3) is 0 Å². The van der Waals surface area contributed by atoms with Crippen molar-refractivity contribution in [3.8, 4) is 17.1 Å². The number of benzene rings is 1. The average Bonchev–Trinajstić information content (AvgIpc) is 3.44. The van der Waals surface area contributed by atoms with Gasteiger partial charge in [0.05, 0.1) is 25.2 Å². The molecule has 3 aliphatic carbocycles. The van der Waals surface area contributed by atoms with Crippen LogP contribution in [0.5, 0.6) is 6.01 Å². The first-order valence-electron chi connectivity index (χ1n) is 13.2. The molecule has 3 saturated carbocycles. The van der Waals surface area contributed by atoms with Crippen LogP contribution in [0.3, 0.4) is 0 Å². The Hall–Kier alpha value is -3.33. The van der Waals surface area contributed by atoms with Crippen molar-refractivity contribution in [3.63, 3.8) is 0 Å². The number of ether oxygens (including phenoxy) is 2. The molecule has 37 heavy (non-hydrogen) atoms. The van der Waals surface area contributed by atoms with Crippen LogP contribution in [-0.4, -0.2) is 52.9 Å². The lowest BCUT2D eigenvalue weighted by Crippen LogP contribution is -2.49. The summed E-state index contributed by atoms with van der Waals surface area (Å²) in [5.74, 6) is 1.57. The molecule has 0 spiro atoms. The molecule has 7 rings (SSSR count). The highest BCUT2D eigenvalue weighted by Crippen LogP contribution is 2.57. The van der Waals surface area contributed by atoms with Gasteiger partial charge in [-0.1, -0.05) is 17.3 Å². The highest BCUT2D eigenvalue weighted by molar-refractivity contribution is 5.78. The molecular formula is C28H33N5O4. The Balaban J connectivity index is 1.15. The van der Waals surface area contributed by atoms with E-state index in [1.165, 1.54) is 0 Å². The molecule has 3 aromatic rings. The van der Waals surface area contributed by atoms with Gasteiger partial charge >= 0.3 is 6.01 Å². The second-order valence-corrected chi connectivity index (χ2v) is 11.2.